The van der Waals surface area contributed by atoms with Crippen LogP contribution in [0, 0.1) is 21.7 Å². The van der Waals surface area contributed by atoms with Crippen molar-refractivity contribution in [3.8, 4) is 0 Å². The minimum Gasteiger partial charge on any atom is -0.462 e. The Kier molecular flexibility index (Phi) is 5.55. The lowest BCUT2D eigenvalue weighted by molar-refractivity contribution is -0.385. The van der Waals surface area contributed by atoms with Gasteiger partial charge in [-0.15, -0.1) is 0 Å². The highest BCUT2D eigenvalue weighted by molar-refractivity contribution is 5.95. The number of benzene rings is 2. The second-order valence-corrected chi connectivity index (χ2v) is 6.40. The minimum atomic E-state index is -0.857. The van der Waals surface area contributed by atoms with Gasteiger partial charge in [0.15, 0.2) is 0 Å². The maximum atomic E-state index is 14.3. The molecule has 2 aromatic rings. The summed E-state index contributed by atoms with van der Waals surface area (Å²) in [5, 5.41) is 21.3. The molecule has 1 saturated heterocycles. The number of aliphatic hydroxyl groups excluding tert-OH is 1. The lowest BCUT2D eigenvalue weighted by atomic mass is 10.0. The van der Waals surface area contributed by atoms with E-state index in [0.29, 0.717) is 5.69 Å². The first-order chi connectivity index (χ1) is 13.3. The van der Waals surface area contributed by atoms with Crippen molar-refractivity contribution < 1.29 is 28.3 Å². The summed E-state index contributed by atoms with van der Waals surface area (Å²) in [5.74, 6) is -2.10. The fourth-order valence-corrected chi connectivity index (χ4v) is 3.40. The van der Waals surface area contributed by atoms with Crippen molar-refractivity contribution in [3.63, 3.8) is 0 Å². The molecule has 2 aromatic carbocycles. The van der Waals surface area contributed by atoms with Crippen molar-refractivity contribution in [3.05, 3.63) is 69.3 Å². The molecule has 2 atom stereocenters. The van der Waals surface area contributed by atoms with Crippen LogP contribution in [0.1, 0.15) is 35.3 Å². The molecule has 7 nitrogen and oxygen atoms in total. The standard InChI is InChI=1S/C19H18F2N2O5/c1-2-28-19(25)15-8-12(4-6-17(15)23(26)27)22-10-13(24)9-18(22)14-7-11(20)3-5-16(14)21/h3-8,13,18,24H,2,9-10H2,1H3/t13-,18-/m1/s1. The fraction of sp³-hybridized carbons (Fsp3) is 0.316. The minimum absolute atomic E-state index is 0.0414. The highest BCUT2D eigenvalue weighted by Crippen LogP contribution is 2.39. The van der Waals surface area contributed by atoms with E-state index in [1.807, 2.05) is 0 Å². The normalized spacial score (nSPS) is 18.9. The van der Waals surface area contributed by atoms with Crippen molar-refractivity contribution in [2.45, 2.75) is 25.5 Å². The molecule has 1 heterocycles. The number of β-amino-alcohol motifs (C(OH)–C–C–N with tert-alkyl or cyclic N) is 1. The van der Waals surface area contributed by atoms with Crippen molar-refractivity contribution in [1.82, 2.24) is 0 Å². The molecule has 28 heavy (non-hydrogen) atoms. The van der Waals surface area contributed by atoms with Crippen molar-refractivity contribution in [1.29, 1.82) is 0 Å². The van der Waals surface area contributed by atoms with Crippen molar-refractivity contribution in [2.24, 2.45) is 0 Å². The van der Waals surface area contributed by atoms with Gasteiger partial charge in [-0.3, -0.25) is 10.1 Å². The highest BCUT2D eigenvalue weighted by atomic mass is 19.1. The summed E-state index contributed by atoms with van der Waals surface area (Å²) in [6.07, 6.45) is -0.666. The summed E-state index contributed by atoms with van der Waals surface area (Å²) >= 11 is 0. The van der Waals surface area contributed by atoms with E-state index < -0.39 is 40.4 Å². The molecule has 148 valence electrons. The molecule has 0 spiro atoms. The molecule has 0 aromatic heterocycles. The molecule has 9 heteroatoms. The van der Waals surface area contributed by atoms with Crippen LogP contribution in [-0.4, -0.2) is 35.3 Å². The quantitative estimate of drug-likeness (QED) is 0.477. The van der Waals surface area contributed by atoms with E-state index in [2.05, 4.69) is 0 Å². The average molecular weight is 392 g/mol. The number of nitro groups is 1. The zero-order valence-corrected chi connectivity index (χ0v) is 15.0. The van der Waals surface area contributed by atoms with Gasteiger partial charge in [-0.05, 0) is 43.7 Å². The van der Waals surface area contributed by atoms with E-state index in [-0.39, 0.29) is 30.7 Å². The van der Waals surface area contributed by atoms with Gasteiger partial charge in [0.1, 0.15) is 17.2 Å². The fourth-order valence-electron chi connectivity index (χ4n) is 3.40. The van der Waals surface area contributed by atoms with E-state index in [1.165, 1.54) is 12.1 Å². The zero-order valence-electron chi connectivity index (χ0n) is 15.0. The summed E-state index contributed by atoms with van der Waals surface area (Å²) in [7, 11) is 0. The van der Waals surface area contributed by atoms with Gasteiger partial charge in [0, 0.05) is 23.9 Å². The first kappa shape index (κ1) is 19.7. The smallest absolute Gasteiger partial charge is 0.345 e. The second-order valence-electron chi connectivity index (χ2n) is 6.40. The molecule has 3 rings (SSSR count). The molecule has 0 aliphatic carbocycles. The molecule has 0 saturated carbocycles. The van der Waals surface area contributed by atoms with Crippen LogP contribution in [0.5, 0.6) is 0 Å². The summed E-state index contributed by atoms with van der Waals surface area (Å²) < 4.78 is 32.8. The summed E-state index contributed by atoms with van der Waals surface area (Å²) in [6, 6.07) is 6.21. The Bertz CT molecular complexity index is 921. The number of carbonyl (C=O) groups excluding carboxylic acids is 1. The Balaban J connectivity index is 2.05. The number of nitrogens with zero attached hydrogens (tertiary/aromatic N) is 2. The predicted molar refractivity (Wildman–Crippen MR) is 96.1 cm³/mol. The first-order valence-corrected chi connectivity index (χ1v) is 8.67. The van der Waals surface area contributed by atoms with Gasteiger partial charge in [0.25, 0.3) is 5.69 Å². The van der Waals surface area contributed by atoms with E-state index in [0.717, 1.165) is 24.3 Å². The number of esters is 1. The van der Waals surface area contributed by atoms with Crippen LogP contribution in [0.25, 0.3) is 0 Å². The van der Waals surface area contributed by atoms with Gasteiger partial charge in [-0.2, -0.15) is 0 Å². The first-order valence-electron chi connectivity index (χ1n) is 8.67. The number of rotatable bonds is 5. The van der Waals surface area contributed by atoms with E-state index in [4.69, 9.17) is 4.74 Å². The summed E-state index contributed by atoms with van der Waals surface area (Å²) in [6.45, 7) is 1.72. The predicted octanol–water partition coefficient (Wildman–Crippen LogP) is 3.36. The largest absolute Gasteiger partial charge is 0.462 e. The molecule has 0 amide bonds. The lowest BCUT2D eigenvalue weighted by Gasteiger charge is -2.27. The third-order valence-electron chi connectivity index (χ3n) is 4.60. The van der Waals surface area contributed by atoms with Crippen molar-refractivity contribution >= 4 is 17.3 Å². The number of aliphatic hydroxyl groups is 1. The summed E-state index contributed by atoms with van der Waals surface area (Å²) in [4.78, 5) is 24.3. The molecular formula is C19H18F2N2O5. The highest BCUT2D eigenvalue weighted by Gasteiger charge is 2.35. The molecule has 1 fully saturated rings. The van der Waals surface area contributed by atoms with E-state index >= 15 is 0 Å². The molecule has 0 bridgehead atoms. The van der Waals surface area contributed by atoms with Gasteiger partial charge < -0.3 is 14.7 Å². The molecule has 0 radical (unpaired) electrons. The van der Waals surface area contributed by atoms with Gasteiger partial charge in [0.05, 0.1) is 23.7 Å². The molecule has 0 unspecified atom stereocenters. The Morgan fingerprint density at radius 3 is 2.75 bits per heavy atom. The number of nitro benzene ring substituents is 1. The second kappa shape index (κ2) is 7.89. The SMILES string of the molecule is CCOC(=O)c1cc(N2C[C@H](O)C[C@@H]2c2cc(F)ccc2F)ccc1[N+](=O)[O-]. The number of halogens is 2. The number of anilines is 1. The van der Waals surface area contributed by atoms with Gasteiger partial charge in [-0.25, -0.2) is 13.6 Å². The third-order valence-corrected chi connectivity index (χ3v) is 4.60. The molecular weight excluding hydrogens is 374 g/mol. The Morgan fingerprint density at radius 2 is 2.07 bits per heavy atom. The number of carbonyl (C=O) groups is 1. The van der Waals surface area contributed by atoms with E-state index in [1.54, 1.807) is 11.8 Å². The monoisotopic (exact) mass is 392 g/mol. The topological polar surface area (TPSA) is 92.9 Å². The molecule has 1 aliphatic rings. The van der Waals surface area contributed by atoms with Crippen LogP contribution >= 0.6 is 0 Å². The Hall–Kier alpha value is -3.07. The van der Waals surface area contributed by atoms with Gasteiger partial charge in [0.2, 0.25) is 0 Å². The maximum absolute atomic E-state index is 14.3. The summed E-state index contributed by atoms with van der Waals surface area (Å²) in [5.41, 5.74) is -0.244. The Morgan fingerprint density at radius 1 is 1.32 bits per heavy atom. The van der Waals surface area contributed by atoms with Gasteiger partial charge >= 0.3 is 5.97 Å². The van der Waals surface area contributed by atoms with Crippen LogP contribution in [0.15, 0.2) is 36.4 Å². The van der Waals surface area contributed by atoms with Crippen LogP contribution in [0.3, 0.4) is 0 Å². The number of ether oxygens (including phenoxy) is 1. The van der Waals surface area contributed by atoms with Crippen LogP contribution < -0.4 is 4.90 Å². The van der Waals surface area contributed by atoms with Crippen molar-refractivity contribution in [2.75, 3.05) is 18.1 Å². The zero-order chi connectivity index (χ0) is 20.4. The van der Waals surface area contributed by atoms with Gasteiger partial charge in [-0.1, -0.05) is 0 Å². The molecule has 1 aliphatic heterocycles. The third kappa shape index (κ3) is 3.79. The van der Waals surface area contributed by atoms with E-state index in [9.17, 15) is 28.8 Å². The van der Waals surface area contributed by atoms with Crippen LogP contribution in [0.2, 0.25) is 0 Å². The number of hydrogen-bond acceptors (Lipinski definition) is 6. The Labute approximate surface area is 159 Å². The van der Waals surface area contributed by atoms with Crippen LogP contribution in [-0.2, 0) is 4.74 Å². The lowest BCUT2D eigenvalue weighted by Crippen LogP contribution is -2.25. The average Bonchev–Trinajstić information content (AvgIpc) is 3.04. The molecule has 1 N–H and O–H groups in total. The number of hydrogen-bond donors (Lipinski definition) is 1. The maximum Gasteiger partial charge on any atom is 0.345 e. The van der Waals surface area contributed by atoms with Crippen LogP contribution in [0.4, 0.5) is 20.2 Å².